The average Bonchev–Trinajstić information content (AvgIpc) is 2.95. The molecule has 6 heteroatoms. The second-order valence-corrected chi connectivity index (χ2v) is 4.48. The minimum atomic E-state index is -0.373. The van der Waals surface area contributed by atoms with Crippen LogP contribution in [-0.4, -0.2) is 14.8 Å². The van der Waals surface area contributed by atoms with Gasteiger partial charge < -0.3 is 4.42 Å². The number of hydrogen-bond donors (Lipinski definition) is 0. The monoisotopic (exact) mass is 277 g/mol. The Bertz CT molecular complexity index is 775. The topological polar surface area (TPSA) is 43.9 Å². The van der Waals surface area contributed by atoms with Crippen LogP contribution in [0.3, 0.4) is 0 Å². The van der Waals surface area contributed by atoms with Crippen LogP contribution in [0.15, 0.2) is 35.0 Å². The summed E-state index contributed by atoms with van der Waals surface area (Å²) in [5.41, 5.74) is 1.77. The fraction of sp³-hybridized carbons (Fsp3) is 0.0769. The van der Waals surface area contributed by atoms with E-state index in [0.29, 0.717) is 16.1 Å². The standard InChI is InChI=1S/C13H9ClFN3O/c1-18-7-8(6-16-18)4-10(14)13-17-11-3-2-9(15)5-12(11)19-13/h2-7H,1H3/b10-4-. The minimum Gasteiger partial charge on any atom is -0.435 e. The summed E-state index contributed by atoms with van der Waals surface area (Å²) in [6.07, 6.45) is 5.17. The molecule has 3 aromatic rings. The summed E-state index contributed by atoms with van der Waals surface area (Å²) in [6.45, 7) is 0. The van der Waals surface area contributed by atoms with E-state index in [4.69, 9.17) is 16.0 Å². The van der Waals surface area contributed by atoms with Gasteiger partial charge in [-0.15, -0.1) is 0 Å². The summed E-state index contributed by atoms with van der Waals surface area (Å²) in [5.74, 6) is -0.117. The summed E-state index contributed by atoms with van der Waals surface area (Å²) in [5, 5.41) is 4.37. The third kappa shape index (κ3) is 2.37. The molecule has 2 heterocycles. The largest absolute Gasteiger partial charge is 0.435 e. The molecule has 1 aromatic carbocycles. The Morgan fingerprint density at radius 1 is 1.47 bits per heavy atom. The van der Waals surface area contributed by atoms with E-state index < -0.39 is 0 Å². The molecule has 0 aliphatic heterocycles. The summed E-state index contributed by atoms with van der Waals surface area (Å²) < 4.78 is 20.1. The molecule has 0 saturated heterocycles. The molecule has 0 spiro atoms. The van der Waals surface area contributed by atoms with Crippen LogP contribution in [0.1, 0.15) is 11.5 Å². The van der Waals surface area contributed by atoms with Gasteiger partial charge in [-0.2, -0.15) is 5.10 Å². The first-order chi connectivity index (χ1) is 9.11. The molecule has 0 amide bonds. The molecule has 0 aliphatic carbocycles. The van der Waals surface area contributed by atoms with Crippen molar-refractivity contribution in [3.05, 3.63) is 47.9 Å². The van der Waals surface area contributed by atoms with E-state index in [1.165, 1.54) is 12.1 Å². The quantitative estimate of drug-likeness (QED) is 0.721. The number of oxazole rings is 1. The predicted molar refractivity (Wildman–Crippen MR) is 70.9 cm³/mol. The van der Waals surface area contributed by atoms with E-state index in [1.807, 2.05) is 13.2 Å². The molecule has 0 bridgehead atoms. The van der Waals surface area contributed by atoms with Gasteiger partial charge in [-0.3, -0.25) is 4.68 Å². The van der Waals surface area contributed by atoms with Gasteiger partial charge in [0, 0.05) is 24.9 Å². The van der Waals surface area contributed by atoms with Gasteiger partial charge in [0.2, 0.25) is 5.89 Å². The Morgan fingerprint density at radius 2 is 2.32 bits per heavy atom. The van der Waals surface area contributed by atoms with Crippen LogP contribution in [0, 0.1) is 5.82 Å². The van der Waals surface area contributed by atoms with Crippen LogP contribution in [0.25, 0.3) is 22.2 Å². The van der Waals surface area contributed by atoms with Crippen LogP contribution in [0.2, 0.25) is 0 Å². The number of rotatable bonds is 2. The summed E-state index contributed by atoms with van der Waals surface area (Å²) in [7, 11) is 1.81. The second-order valence-electron chi connectivity index (χ2n) is 4.07. The molecule has 0 fully saturated rings. The van der Waals surface area contributed by atoms with Gasteiger partial charge in [0.1, 0.15) is 16.4 Å². The van der Waals surface area contributed by atoms with Gasteiger partial charge in [0.25, 0.3) is 0 Å². The zero-order valence-electron chi connectivity index (χ0n) is 9.97. The average molecular weight is 278 g/mol. The lowest BCUT2D eigenvalue weighted by molar-refractivity contribution is 0.579. The van der Waals surface area contributed by atoms with Crippen molar-refractivity contribution in [2.75, 3.05) is 0 Å². The first-order valence-electron chi connectivity index (χ1n) is 5.54. The van der Waals surface area contributed by atoms with Crippen LogP contribution in [0.4, 0.5) is 4.39 Å². The molecule has 2 aromatic heterocycles. The maximum absolute atomic E-state index is 13.1. The Hall–Kier alpha value is -2.14. The number of benzene rings is 1. The molecule has 0 atom stereocenters. The van der Waals surface area contributed by atoms with E-state index in [9.17, 15) is 4.39 Å². The Balaban J connectivity index is 2.01. The number of hydrogen-bond acceptors (Lipinski definition) is 3. The van der Waals surface area contributed by atoms with Gasteiger partial charge in [-0.05, 0) is 18.2 Å². The summed E-state index contributed by atoms with van der Waals surface area (Å²) in [4.78, 5) is 4.20. The molecule has 0 radical (unpaired) electrons. The van der Waals surface area contributed by atoms with Crippen LogP contribution < -0.4 is 0 Å². The molecular formula is C13H9ClFN3O. The summed E-state index contributed by atoms with van der Waals surface area (Å²) >= 11 is 6.14. The van der Waals surface area contributed by atoms with Crippen molar-refractivity contribution in [1.82, 2.24) is 14.8 Å². The molecule has 0 aliphatic rings. The lowest BCUT2D eigenvalue weighted by Gasteiger charge is -1.90. The summed E-state index contributed by atoms with van der Waals surface area (Å²) in [6, 6.07) is 4.15. The fourth-order valence-electron chi connectivity index (χ4n) is 1.72. The van der Waals surface area contributed by atoms with Crippen LogP contribution in [0.5, 0.6) is 0 Å². The first kappa shape index (κ1) is 11.9. The zero-order chi connectivity index (χ0) is 13.4. The van der Waals surface area contributed by atoms with Crippen LogP contribution >= 0.6 is 11.6 Å². The molecule has 4 nitrogen and oxygen atoms in total. The van der Waals surface area contributed by atoms with Gasteiger partial charge in [-0.25, -0.2) is 9.37 Å². The number of aryl methyl sites for hydroxylation is 1. The lowest BCUT2D eigenvalue weighted by Crippen LogP contribution is -1.84. The Kier molecular flexibility index (Phi) is 2.83. The minimum absolute atomic E-state index is 0.256. The number of halogens is 2. The highest BCUT2D eigenvalue weighted by Gasteiger charge is 2.10. The normalized spacial score (nSPS) is 12.3. The smallest absolute Gasteiger partial charge is 0.238 e. The van der Waals surface area contributed by atoms with Crippen molar-refractivity contribution < 1.29 is 8.81 Å². The van der Waals surface area contributed by atoms with Crippen molar-refractivity contribution in [1.29, 1.82) is 0 Å². The molecular weight excluding hydrogens is 269 g/mol. The van der Waals surface area contributed by atoms with Gasteiger partial charge in [-0.1, -0.05) is 11.6 Å². The Morgan fingerprint density at radius 3 is 3.05 bits per heavy atom. The van der Waals surface area contributed by atoms with Crippen molar-refractivity contribution in [3.8, 4) is 0 Å². The predicted octanol–water partition coefficient (Wildman–Crippen LogP) is 3.44. The highest BCUT2D eigenvalue weighted by molar-refractivity contribution is 6.50. The molecule has 0 unspecified atom stereocenters. The Labute approximate surface area is 113 Å². The first-order valence-corrected chi connectivity index (χ1v) is 5.92. The highest BCUT2D eigenvalue weighted by atomic mass is 35.5. The van der Waals surface area contributed by atoms with Crippen molar-refractivity contribution >= 4 is 33.8 Å². The molecule has 0 saturated carbocycles. The van der Waals surface area contributed by atoms with E-state index in [2.05, 4.69) is 10.1 Å². The second kappa shape index (κ2) is 4.51. The fourth-order valence-corrected chi connectivity index (χ4v) is 1.93. The number of aromatic nitrogens is 3. The number of fused-ring (bicyclic) bond motifs is 1. The third-order valence-electron chi connectivity index (χ3n) is 2.57. The van der Waals surface area contributed by atoms with E-state index >= 15 is 0 Å². The third-order valence-corrected chi connectivity index (χ3v) is 2.84. The van der Waals surface area contributed by atoms with E-state index in [1.54, 1.807) is 23.0 Å². The SMILES string of the molecule is Cn1cc(/C=C(\Cl)c2nc3ccc(F)cc3o2)cn1. The van der Waals surface area contributed by atoms with Gasteiger partial charge >= 0.3 is 0 Å². The van der Waals surface area contributed by atoms with E-state index in [-0.39, 0.29) is 11.7 Å². The zero-order valence-corrected chi connectivity index (χ0v) is 10.7. The van der Waals surface area contributed by atoms with E-state index in [0.717, 1.165) is 5.56 Å². The maximum Gasteiger partial charge on any atom is 0.238 e. The molecule has 19 heavy (non-hydrogen) atoms. The molecule has 0 N–H and O–H groups in total. The maximum atomic E-state index is 13.1. The van der Waals surface area contributed by atoms with Gasteiger partial charge in [0.05, 0.1) is 6.20 Å². The van der Waals surface area contributed by atoms with Crippen molar-refractivity contribution in [2.24, 2.45) is 7.05 Å². The van der Waals surface area contributed by atoms with Gasteiger partial charge in [0.15, 0.2) is 5.58 Å². The molecule has 3 rings (SSSR count). The number of nitrogens with zero attached hydrogens (tertiary/aromatic N) is 3. The highest BCUT2D eigenvalue weighted by Crippen LogP contribution is 2.25. The van der Waals surface area contributed by atoms with Crippen LogP contribution in [-0.2, 0) is 7.05 Å². The lowest BCUT2D eigenvalue weighted by atomic mass is 10.3. The molecule has 96 valence electrons. The van der Waals surface area contributed by atoms with Crippen molar-refractivity contribution in [3.63, 3.8) is 0 Å². The van der Waals surface area contributed by atoms with Crippen molar-refractivity contribution in [2.45, 2.75) is 0 Å².